The lowest BCUT2D eigenvalue weighted by Gasteiger charge is -2.21. The number of carbonyl (C=O) groups excluding carboxylic acids is 1. The number of thioether (sulfide) groups is 1. The highest BCUT2D eigenvalue weighted by molar-refractivity contribution is 8.05. The summed E-state index contributed by atoms with van der Waals surface area (Å²) in [5.41, 5.74) is 0.472. The number of nitriles is 1. The lowest BCUT2D eigenvalue weighted by molar-refractivity contribution is -0.112. The standard InChI is InChI=1S/C31H32F3N3O2S.C2H6/c1-4-8-25(31(32,33)34)18-28(36-26-11-6-9-23(16-26)19-35)30(38)37-27-12-7-10-24(17-27)29(21(3)40-15-5-2)39-20-22-13-14-22;1-2/h5-12,15-18,22,29,36H,3-4,13-14,20H2,1-2H3,(H,37,38);1-2H3/b15-5-,25-8-,28-18-;. The van der Waals surface area contributed by atoms with Gasteiger partial charge in [-0.15, -0.1) is 11.8 Å². The van der Waals surface area contributed by atoms with E-state index in [0.29, 0.717) is 29.5 Å². The second-order valence-electron chi connectivity index (χ2n) is 9.23. The summed E-state index contributed by atoms with van der Waals surface area (Å²) in [5, 5.41) is 16.6. The Morgan fingerprint density at radius 3 is 2.43 bits per heavy atom. The molecule has 1 aliphatic carbocycles. The third kappa shape index (κ3) is 11.3. The smallest absolute Gasteiger partial charge is 0.368 e. The zero-order chi connectivity index (χ0) is 31.1. The van der Waals surface area contributed by atoms with Crippen molar-refractivity contribution in [3.8, 4) is 6.07 Å². The number of anilines is 2. The number of hydrogen-bond donors (Lipinski definition) is 2. The summed E-state index contributed by atoms with van der Waals surface area (Å²) >= 11 is 1.45. The van der Waals surface area contributed by atoms with Crippen LogP contribution in [-0.2, 0) is 9.53 Å². The Morgan fingerprint density at radius 2 is 1.83 bits per heavy atom. The van der Waals surface area contributed by atoms with Gasteiger partial charge in [-0.3, -0.25) is 4.79 Å². The number of halogens is 3. The van der Waals surface area contributed by atoms with Gasteiger partial charge in [-0.25, -0.2) is 0 Å². The highest BCUT2D eigenvalue weighted by atomic mass is 32.2. The highest BCUT2D eigenvalue weighted by Gasteiger charge is 2.33. The number of benzene rings is 2. The Morgan fingerprint density at radius 1 is 1.17 bits per heavy atom. The van der Waals surface area contributed by atoms with E-state index in [1.807, 2.05) is 44.4 Å². The van der Waals surface area contributed by atoms with Crippen LogP contribution >= 0.6 is 11.8 Å². The van der Waals surface area contributed by atoms with Gasteiger partial charge in [0.15, 0.2) is 0 Å². The van der Waals surface area contributed by atoms with Gasteiger partial charge in [-0.05, 0) is 79.5 Å². The van der Waals surface area contributed by atoms with Crippen LogP contribution in [0.4, 0.5) is 24.5 Å². The number of rotatable bonds is 13. The number of allylic oxidation sites excluding steroid dienone is 4. The first-order chi connectivity index (χ1) is 20.1. The van der Waals surface area contributed by atoms with Crippen LogP contribution in [0.2, 0.25) is 0 Å². The Balaban J connectivity index is 0.00000301. The summed E-state index contributed by atoms with van der Waals surface area (Å²) in [7, 11) is 0. The number of nitrogens with one attached hydrogen (secondary N) is 2. The van der Waals surface area contributed by atoms with Crippen molar-refractivity contribution in [2.45, 2.75) is 59.2 Å². The van der Waals surface area contributed by atoms with Crippen LogP contribution < -0.4 is 10.6 Å². The first-order valence-electron chi connectivity index (χ1n) is 13.9. The van der Waals surface area contributed by atoms with Gasteiger partial charge in [0.2, 0.25) is 0 Å². The van der Waals surface area contributed by atoms with Crippen LogP contribution in [0.25, 0.3) is 0 Å². The Labute approximate surface area is 251 Å². The monoisotopic (exact) mass is 597 g/mol. The average Bonchev–Trinajstić information content (AvgIpc) is 3.81. The molecule has 1 fully saturated rings. The quantitative estimate of drug-likeness (QED) is 0.178. The molecule has 2 N–H and O–H groups in total. The summed E-state index contributed by atoms with van der Waals surface area (Å²) in [5.74, 6) is -0.245. The predicted molar refractivity (Wildman–Crippen MR) is 167 cm³/mol. The Kier molecular flexibility index (Phi) is 14.2. The molecule has 9 heteroatoms. The Bertz CT molecular complexity index is 1340. The van der Waals surface area contributed by atoms with E-state index < -0.39 is 23.8 Å². The molecule has 0 radical (unpaired) electrons. The molecule has 0 bridgehead atoms. The van der Waals surface area contributed by atoms with E-state index in [1.165, 1.54) is 17.8 Å². The second kappa shape index (κ2) is 17.3. The van der Waals surface area contributed by atoms with Gasteiger partial charge in [0.25, 0.3) is 5.91 Å². The van der Waals surface area contributed by atoms with Crippen LogP contribution in [0, 0.1) is 17.2 Å². The largest absolute Gasteiger partial charge is 0.416 e. The van der Waals surface area contributed by atoms with Gasteiger partial charge in [-0.2, -0.15) is 18.4 Å². The van der Waals surface area contributed by atoms with Gasteiger partial charge in [-0.1, -0.05) is 57.7 Å². The third-order valence-corrected chi connectivity index (χ3v) is 6.78. The van der Waals surface area contributed by atoms with Crippen molar-refractivity contribution in [2.24, 2.45) is 5.92 Å². The fraction of sp³-hybridized carbons (Fsp3) is 0.333. The lowest BCUT2D eigenvalue weighted by Crippen LogP contribution is -2.22. The van der Waals surface area contributed by atoms with Crippen molar-refractivity contribution in [3.05, 3.63) is 106 Å². The molecule has 42 heavy (non-hydrogen) atoms. The fourth-order valence-electron chi connectivity index (χ4n) is 3.70. The molecule has 1 aliphatic rings. The first-order valence-corrected chi connectivity index (χ1v) is 14.8. The van der Waals surface area contributed by atoms with Crippen LogP contribution in [-0.4, -0.2) is 18.7 Å². The minimum Gasteiger partial charge on any atom is -0.368 e. The average molecular weight is 598 g/mol. The molecular weight excluding hydrogens is 559 g/mol. The third-order valence-electron chi connectivity index (χ3n) is 5.86. The zero-order valence-corrected chi connectivity index (χ0v) is 25.2. The number of ether oxygens (including phenoxy) is 1. The maximum atomic E-state index is 13.7. The maximum absolute atomic E-state index is 13.7. The Hall–Kier alpha value is -3.74. The summed E-state index contributed by atoms with van der Waals surface area (Å²) in [6, 6.07) is 15.1. The van der Waals surface area contributed by atoms with E-state index in [1.54, 1.807) is 43.3 Å². The summed E-state index contributed by atoms with van der Waals surface area (Å²) in [6.07, 6.45) is 0.991. The van der Waals surface area contributed by atoms with E-state index in [2.05, 4.69) is 17.2 Å². The zero-order valence-electron chi connectivity index (χ0n) is 24.4. The van der Waals surface area contributed by atoms with Crippen molar-refractivity contribution < 1.29 is 22.7 Å². The van der Waals surface area contributed by atoms with Gasteiger partial charge in [0.1, 0.15) is 11.8 Å². The normalized spacial score (nSPS) is 14.4. The number of carbonyl (C=O) groups is 1. The predicted octanol–water partition coefficient (Wildman–Crippen LogP) is 9.67. The molecule has 0 saturated heterocycles. The molecule has 1 atom stereocenters. The van der Waals surface area contributed by atoms with E-state index >= 15 is 0 Å². The van der Waals surface area contributed by atoms with Crippen LogP contribution in [0.3, 0.4) is 0 Å². The molecule has 1 saturated carbocycles. The molecule has 3 rings (SSSR count). The number of nitrogens with zero attached hydrogens (tertiary/aromatic N) is 1. The van der Waals surface area contributed by atoms with Crippen molar-refractivity contribution in [3.63, 3.8) is 0 Å². The molecule has 0 spiro atoms. The fourth-order valence-corrected chi connectivity index (χ4v) is 4.34. The van der Waals surface area contributed by atoms with E-state index in [-0.39, 0.29) is 12.1 Å². The molecule has 0 aromatic heterocycles. The minimum absolute atomic E-state index is 0.129. The van der Waals surface area contributed by atoms with Gasteiger partial charge in [0.05, 0.1) is 23.8 Å². The van der Waals surface area contributed by atoms with Crippen LogP contribution in [0.15, 0.2) is 94.9 Å². The topological polar surface area (TPSA) is 74.2 Å². The maximum Gasteiger partial charge on any atom is 0.416 e. The molecule has 2 aromatic carbocycles. The molecule has 0 heterocycles. The van der Waals surface area contributed by atoms with Crippen molar-refractivity contribution in [1.29, 1.82) is 5.26 Å². The molecule has 5 nitrogen and oxygen atoms in total. The summed E-state index contributed by atoms with van der Waals surface area (Å²) in [4.78, 5) is 14.1. The summed E-state index contributed by atoms with van der Waals surface area (Å²) in [6.45, 7) is 12.3. The van der Waals surface area contributed by atoms with Gasteiger partial charge >= 0.3 is 6.18 Å². The number of hydrogen-bond acceptors (Lipinski definition) is 5. The van der Waals surface area contributed by atoms with Crippen LogP contribution in [0.1, 0.15) is 64.2 Å². The molecule has 224 valence electrons. The van der Waals surface area contributed by atoms with Crippen molar-refractivity contribution in [2.75, 3.05) is 17.2 Å². The molecular formula is C33H38F3N3O2S. The number of amides is 1. The van der Waals surface area contributed by atoms with Crippen molar-refractivity contribution in [1.82, 2.24) is 0 Å². The highest BCUT2D eigenvalue weighted by Crippen LogP contribution is 2.37. The molecule has 2 aromatic rings. The van der Waals surface area contributed by atoms with Crippen LogP contribution in [0.5, 0.6) is 0 Å². The second-order valence-corrected chi connectivity index (χ2v) is 10.3. The molecule has 1 unspecified atom stereocenters. The number of alkyl halides is 3. The van der Waals surface area contributed by atoms with E-state index in [9.17, 15) is 23.2 Å². The lowest BCUT2D eigenvalue weighted by atomic mass is 10.1. The SMILES string of the molecule is C=C(S/C=C\C)C(OCC1CC1)c1cccc(NC(=O)/C(=C/C(=C/CC)C(F)(F)F)Nc2cccc(C#N)c2)c1.CC. The van der Waals surface area contributed by atoms with E-state index in [4.69, 9.17) is 4.74 Å². The van der Waals surface area contributed by atoms with Gasteiger partial charge in [0, 0.05) is 16.3 Å². The first kappa shape index (κ1) is 34.5. The molecule has 1 amide bonds. The minimum atomic E-state index is -4.66. The van der Waals surface area contributed by atoms with E-state index in [0.717, 1.165) is 35.5 Å². The van der Waals surface area contributed by atoms with Gasteiger partial charge < -0.3 is 15.4 Å². The van der Waals surface area contributed by atoms with Crippen molar-refractivity contribution >= 4 is 29.0 Å². The summed E-state index contributed by atoms with van der Waals surface area (Å²) < 4.78 is 47.3. The molecule has 0 aliphatic heterocycles.